The van der Waals surface area contributed by atoms with Gasteiger partial charge in [0.15, 0.2) is 0 Å². The van der Waals surface area contributed by atoms with Gasteiger partial charge in [0.25, 0.3) is 0 Å². The number of carbonyl (C=O) groups excluding carboxylic acids is 1. The van der Waals surface area contributed by atoms with Gasteiger partial charge in [-0.25, -0.2) is 0 Å². The lowest BCUT2D eigenvalue weighted by molar-refractivity contribution is -0.135. The number of rotatable bonds is 5. The topological polar surface area (TPSA) is 44.8 Å². The molecule has 2 rings (SSSR count). The van der Waals surface area contributed by atoms with Gasteiger partial charge in [-0.2, -0.15) is 0 Å². The van der Waals surface area contributed by atoms with Crippen LogP contribution in [0.4, 0.5) is 5.69 Å². The number of hydrogen-bond donors (Lipinski definition) is 1. The largest absolute Gasteiger partial charge is 0.379 e. The van der Waals surface area contributed by atoms with Crippen molar-refractivity contribution < 1.29 is 9.53 Å². The molecule has 0 aliphatic carbocycles. The number of anilines is 1. The van der Waals surface area contributed by atoms with E-state index in [4.69, 9.17) is 4.74 Å². The molecule has 116 valence electrons. The zero-order chi connectivity index (χ0) is 15.4. The summed E-state index contributed by atoms with van der Waals surface area (Å²) in [4.78, 5) is 16.3. The van der Waals surface area contributed by atoms with Crippen LogP contribution < -0.4 is 10.2 Å². The van der Waals surface area contributed by atoms with Crippen molar-refractivity contribution in [2.75, 3.05) is 46.3 Å². The number of amides is 1. The van der Waals surface area contributed by atoms with Gasteiger partial charge in [0.2, 0.25) is 5.91 Å². The van der Waals surface area contributed by atoms with Gasteiger partial charge in [0.1, 0.15) is 0 Å². The molecule has 1 N–H and O–H groups in total. The molecule has 1 amide bonds. The molecule has 1 saturated heterocycles. The van der Waals surface area contributed by atoms with E-state index < -0.39 is 0 Å². The first-order chi connectivity index (χ1) is 10.0. The highest BCUT2D eigenvalue weighted by molar-refractivity contribution is 5.79. The lowest BCUT2D eigenvalue weighted by atomic mass is 10.0. The van der Waals surface area contributed by atoms with Crippen LogP contribution in [-0.4, -0.2) is 58.3 Å². The van der Waals surface area contributed by atoms with Crippen LogP contribution in [0, 0.1) is 5.92 Å². The zero-order valence-corrected chi connectivity index (χ0v) is 13.3. The van der Waals surface area contributed by atoms with E-state index in [1.807, 2.05) is 28.2 Å². The van der Waals surface area contributed by atoms with Crippen LogP contribution in [0.25, 0.3) is 0 Å². The minimum absolute atomic E-state index is 0.0824. The van der Waals surface area contributed by atoms with Gasteiger partial charge in [0.05, 0.1) is 19.1 Å². The summed E-state index contributed by atoms with van der Waals surface area (Å²) in [5, 5.41) is 3.16. The number of nitrogens with zero attached hydrogens (tertiary/aromatic N) is 2. The highest BCUT2D eigenvalue weighted by Gasteiger charge is 2.34. The van der Waals surface area contributed by atoms with E-state index in [2.05, 4.69) is 34.5 Å². The molecule has 1 fully saturated rings. The molecule has 5 heteroatoms. The lowest BCUT2D eigenvalue weighted by Gasteiger charge is -2.24. The van der Waals surface area contributed by atoms with E-state index in [0.29, 0.717) is 19.8 Å². The first-order valence-electron chi connectivity index (χ1n) is 7.29. The average Bonchev–Trinajstić information content (AvgIpc) is 2.95. The standard InChI is InChI=1S/C16H25N3O2/c1-17-15-11-21-10-14(15)16(20)19(4)9-12-5-7-13(8-6-12)18(2)3/h5-8,14-15,17H,9-11H2,1-4H3. The zero-order valence-electron chi connectivity index (χ0n) is 13.3. The van der Waals surface area contributed by atoms with Crippen LogP contribution >= 0.6 is 0 Å². The number of likely N-dealkylation sites (N-methyl/N-ethyl adjacent to an activating group) is 1. The first kappa shape index (κ1) is 15.8. The molecule has 0 radical (unpaired) electrons. The van der Waals surface area contributed by atoms with E-state index in [1.165, 1.54) is 0 Å². The van der Waals surface area contributed by atoms with Crippen LogP contribution in [0.5, 0.6) is 0 Å². The van der Waals surface area contributed by atoms with Crippen LogP contribution in [0.2, 0.25) is 0 Å². The Morgan fingerprint density at radius 2 is 1.90 bits per heavy atom. The second kappa shape index (κ2) is 6.91. The molecule has 2 atom stereocenters. The van der Waals surface area contributed by atoms with Gasteiger partial charge < -0.3 is 19.9 Å². The lowest BCUT2D eigenvalue weighted by Crippen LogP contribution is -2.43. The molecule has 21 heavy (non-hydrogen) atoms. The molecule has 0 bridgehead atoms. The van der Waals surface area contributed by atoms with Crippen LogP contribution in [0.1, 0.15) is 5.56 Å². The third-order valence-electron chi connectivity index (χ3n) is 4.02. The van der Waals surface area contributed by atoms with Crippen molar-refractivity contribution in [2.24, 2.45) is 5.92 Å². The summed E-state index contributed by atoms with van der Waals surface area (Å²) < 4.78 is 5.41. The Morgan fingerprint density at radius 3 is 2.48 bits per heavy atom. The van der Waals surface area contributed by atoms with E-state index in [-0.39, 0.29) is 17.9 Å². The number of ether oxygens (including phenoxy) is 1. The van der Waals surface area contributed by atoms with Crippen molar-refractivity contribution >= 4 is 11.6 Å². The van der Waals surface area contributed by atoms with Crippen molar-refractivity contribution in [3.05, 3.63) is 29.8 Å². The normalized spacial score (nSPS) is 21.3. The highest BCUT2D eigenvalue weighted by atomic mass is 16.5. The van der Waals surface area contributed by atoms with Gasteiger partial charge in [0, 0.05) is 39.4 Å². The molecule has 0 spiro atoms. The van der Waals surface area contributed by atoms with E-state index >= 15 is 0 Å². The SMILES string of the molecule is CNC1COCC1C(=O)N(C)Cc1ccc(N(C)C)cc1. The van der Waals surface area contributed by atoms with E-state index in [9.17, 15) is 4.79 Å². The first-order valence-corrected chi connectivity index (χ1v) is 7.29. The maximum atomic E-state index is 12.5. The highest BCUT2D eigenvalue weighted by Crippen LogP contribution is 2.18. The van der Waals surface area contributed by atoms with Crippen molar-refractivity contribution in [3.8, 4) is 0 Å². The van der Waals surface area contributed by atoms with Gasteiger partial charge in [-0.1, -0.05) is 12.1 Å². The second-order valence-electron chi connectivity index (χ2n) is 5.79. The fourth-order valence-electron chi connectivity index (χ4n) is 2.62. The molecule has 1 aromatic rings. The number of hydrogen-bond acceptors (Lipinski definition) is 4. The fourth-order valence-corrected chi connectivity index (χ4v) is 2.62. The van der Waals surface area contributed by atoms with Gasteiger partial charge in [-0.15, -0.1) is 0 Å². The average molecular weight is 291 g/mol. The number of nitrogens with one attached hydrogen (secondary N) is 1. The molecule has 0 aromatic heterocycles. The monoisotopic (exact) mass is 291 g/mol. The summed E-state index contributed by atoms with van der Waals surface area (Å²) in [5.41, 5.74) is 2.29. The van der Waals surface area contributed by atoms with Crippen molar-refractivity contribution in [3.63, 3.8) is 0 Å². The summed E-state index contributed by atoms with van der Waals surface area (Å²) in [5.74, 6) is 0.0598. The van der Waals surface area contributed by atoms with Gasteiger partial charge in [-0.3, -0.25) is 4.79 Å². The predicted molar refractivity (Wildman–Crippen MR) is 84.4 cm³/mol. The minimum atomic E-state index is -0.0824. The van der Waals surface area contributed by atoms with Crippen molar-refractivity contribution in [2.45, 2.75) is 12.6 Å². The summed E-state index contributed by atoms with van der Waals surface area (Å²) in [6.45, 7) is 1.74. The summed E-state index contributed by atoms with van der Waals surface area (Å²) in [7, 11) is 7.76. The van der Waals surface area contributed by atoms with Crippen molar-refractivity contribution in [1.82, 2.24) is 10.2 Å². The molecule has 5 nitrogen and oxygen atoms in total. The maximum absolute atomic E-state index is 12.5. The quantitative estimate of drug-likeness (QED) is 0.877. The molecule has 1 aromatic carbocycles. The molecule has 1 heterocycles. The summed E-state index contributed by atoms with van der Waals surface area (Å²) in [6, 6.07) is 8.40. The molecule has 0 saturated carbocycles. The minimum Gasteiger partial charge on any atom is -0.379 e. The molecular formula is C16H25N3O2. The van der Waals surface area contributed by atoms with Crippen molar-refractivity contribution in [1.29, 1.82) is 0 Å². The number of carbonyl (C=O) groups is 1. The smallest absolute Gasteiger partial charge is 0.229 e. The van der Waals surface area contributed by atoms with E-state index in [0.717, 1.165) is 11.3 Å². The molecule has 2 unspecified atom stereocenters. The maximum Gasteiger partial charge on any atom is 0.229 e. The van der Waals surface area contributed by atoms with E-state index in [1.54, 1.807) is 4.90 Å². The van der Waals surface area contributed by atoms with Crippen LogP contribution in [0.3, 0.4) is 0 Å². The third kappa shape index (κ3) is 3.74. The summed E-state index contributed by atoms with van der Waals surface area (Å²) in [6.07, 6.45) is 0. The Balaban J connectivity index is 1.97. The molecular weight excluding hydrogens is 266 g/mol. The Hall–Kier alpha value is -1.59. The van der Waals surface area contributed by atoms with Crippen LogP contribution in [-0.2, 0) is 16.1 Å². The second-order valence-corrected chi connectivity index (χ2v) is 5.79. The fraction of sp³-hybridized carbons (Fsp3) is 0.562. The third-order valence-corrected chi connectivity index (χ3v) is 4.02. The Bertz CT molecular complexity index is 473. The van der Waals surface area contributed by atoms with Crippen LogP contribution in [0.15, 0.2) is 24.3 Å². The van der Waals surface area contributed by atoms with Gasteiger partial charge >= 0.3 is 0 Å². The summed E-state index contributed by atoms with van der Waals surface area (Å²) >= 11 is 0. The Kier molecular flexibility index (Phi) is 5.20. The molecule has 1 aliphatic heterocycles. The Labute approximate surface area is 126 Å². The Morgan fingerprint density at radius 1 is 1.24 bits per heavy atom. The molecule has 1 aliphatic rings. The number of benzene rings is 1. The predicted octanol–water partition coefficient (Wildman–Crippen LogP) is 0.945. The van der Waals surface area contributed by atoms with Gasteiger partial charge in [-0.05, 0) is 24.7 Å².